The number of rotatable bonds is 5. The normalized spacial score (nSPS) is 20.9. The molecule has 1 saturated heterocycles. The van der Waals surface area contributed by atoms with Crippen molar-refractivity contribution in [1.29, 1.82) is 0 Å². The quantitative estimate of drug-likeness (QED) is 0.875. The summed E-state index contributed by atoms with van der Waals surface area (Å²) in [5, 5.41) is 11.3. The Kier molecular flexibility index (Phi) is 4.83. The summed E-state index contributed by atoms with van der Waals surface area (Å²) in [7, 11) is 0. The molecule has 1 aromatic heterocycles. The van der Waals surface area contributed by atoms with Crippen molar-refractivity contribution < 1.29 is 4.79 Å². The number of carbonyl (C=O) groups excluding carboxylic acids is 1. The van der Waals surface area contributed by atoms with Crippen molar-refractivity contribution in [3.05, 3.63) is 42.1 Å². The van der Waals surface area contributed by atoms with E-state index in [1.165, 1.54) is 25.7 Å². The van der Waals surface area contributed by atoms with Gasteiger partial charge in [-0.2, -0.15) is 5.10 Å². The zero-order valence-electron chi connectivity index (χ0n) is 14.6. The van der Waals surface area contributed by atoms with E-state index in [2.05, 4.69) is 16.7 Å². The van der Waals surface area contributed by atoms with Gasteiger partial charge in [0.2, 0.25) is 5.91 Å². The average molecular weight is 338 g/mol. The van der Waals surface area contributed by atoms with Crippen LogP contribution in [0.3, 0.4) is 0 Å². The largest absolute Gasteiger partial charge is 0.313 e. The van der Waals surface area contributed by atoms with Crippen LogP contribution >= 0.6 is 0 Å². The number of nitrogens with one attached hydrogen (secondary N) is 2. The first-order valence-electron chi connectivity index (χ1n) is 9.48. The first-order valence-corrected chi connectivity index (χ1v) is 9.48. The Morgan fingerprint density at radius 3 is 2.68 bits per heavy atom. The van der Waals surface area contributed by atoms with Crippen LogP contribution in [0.2, 0.25) is 0 Å². The van der Waals surface area contributed by atoms with E-state index in [9.17, 15) is 4.79 Å². The van der Waals surface area contributed by atoms with E-state index in [1.807, 2.05) is 35.0 Å². The highest BCUT2D eigenvalue weighted by atomic mass is 16.1. The molecule has 5 nitrogen and oxygen atoms in total. The number of nitrogens with zero attached hydrogens (tertiary/aromatic N) is 2. The highest BCUT2D eigenvalue weighted by Crippen LogP contribution is 2.35. The lowest BCUT2D eigenvalue weighted by Gasteiger charge is -2.11. The SMILES string of the molecule is O=C(CC1CCCN1)Nc1cc(C2CCCC2)nn1-c1ccccc1. The molecule has 2 aliphatic rings. The van der Waals surface area contributed by atoms with Gasteiger partial charge in [-0.3, -0.25) is 4.79 Å². The van der Waals surface area contributed by atoms with Gasteiger partial charge in [-0.15, -0.1) is 0 Å². The van der Waals surface area contributed by atoms with E-state index in [-0.39, 0.29) is 5.91 Å². The number of hydrogen-bond donors (Lipinski definition) is 2. The van der Waals surface area contributed by atoms with E-state index in [0.29, 0.717) is 18.4 Å². The van der Waals surface area contributed by atoms with E-state index in [4.69, 9.17) is 5.10 Å². The molecule has 25 heavy (non-hydrogen) atoms. The Bertz CT molecular complexity index is 713. The minimum atomic E-state index is 0.0643. The van der Waals surface area contributed by atoms with Crippen LogP contribution in [-0.2, 0) is 4.79 Å². The van der Waals surface area contributed by atoms with Gasteiger partial charge in [0.05, 0.1) is 11.4 Å². The minimum absolute atomic E-state index is 0.0643. The zero-order chi connectivity index (χ0) is 17.1. The molecule has 0 radical (unpaired) electrons. The number of anilines is 1. The second kappa shape index (κ2) is 7.40. The van der Waals surface area contributed by atoms with E-state index < -0.39 is 0 Å². The molecule has 2 aromatic rings. The van der Waals surface area contributed by atoms with Crippen LogP contribution in [0.5, 0.6) is 0 Å². The highest BCUT2D eigenvalue weighted by Gasteiger charge is 2.23. The first-order chi connectivity index (χ1) is 12.3. The zero-order valence-corrected chi connectivity index (χ0v) is 14.6. The molecule has 1 amide bonds. The Hall–Kier alpha value is -2.14. The number of benzene rings is 1. The van der Waals surface area contributed by atoms with Crippen molar-refractivity contribution >= 4 is 11.7 Å². The summed E-state index contributed by atoms with van der Waals surface area (Å²) in [6.07, 6.45) is 7.72. The number of aromatic nitrogens is 2. The lowest BCUT2D eigenvalue weighted by molar-refractivity contribution is -0.116. The standard InChI is InChI=1S/C20H26N4O/c25-20(13-16-9-6-12-21-16)22-19-14-18(15-7-4-5-8-15)23-24(19)17-10-2-1-3-11-17/h1-3,10-11,14-16,21H,4-9,12-13H2,(H,22,25). The van der Waals surface area contributed by atoms with Gasteiger partial charge in [0, 0.05) is 24.4 Å². The third-order valence-corrected chi connectivity index (χ3v) is 5.36. The van der Waals surface area contributed by atoms with Gasteiger partial charge in [-0.25, -0.2) is 4.68 Å². The fourth-order valence-electron chi connectivity index (χ4n) is 4.02. The Labute approximate surface area is 148 Å². The molecule has 4 rings (SSSR count). The van der Waals surface area contributed by atoms with Crippen molar-refractivity contribution in [1.82, 2.24) is 15.1 Å². The first kappa shape index (κ1) is 16.3. The molecule has 1 aliphatic heterocycles. The summed E-state index contributed by atoms with van der Waals surface area (Å²) in [4.78, 5) is 12.5. The van der Waals surface area contributed by atoms with Crippen LogP contribution in [0.4, 0.5) is 5.82 Å². The summed E-state index contributed by atoms with van der Waals surface area (Å²) in [5.41, 5.74) is 2.09. The summed E-state index contributed by atoms with van der Waals surface area (Å²) in [6.45, 7) is 1.02. The minimum Gasteiger partial charge on any atom is -0.313 e. The molecule has 1 aliphatic carbocycles. The van der Waals surface area contributed by atoms with Crippen LogP contribution in [-0.4, -0.2) is 28.3 Å². The molecule has 2 heterocycles. The monoisotopic (exact) mass is 338 g/mol. The maximum atomic E-state index is 12.5. The van der Waals surface area contributed by atoms with Crippen molar-refractivity contribution in [2.24, 2.45) is 0 Å². The van der Waals surface area contributed by atoms with Crippen molar-refractivity contribution in [2.75, 3.05) is 11.9 Å². The predicted octanol–water partition coefficient (Wildman–Crippen LogP) is 3.61. The smallest absolute Gasteiger partial charge is 0.227 e. The number of amides is 1. The second-order valence-corrected chi connectivity index (χ2v) is 7.23. The van der Waals surface area contributed by atoms with Gasteiger partial charge in [-0.05, 0) is 44.4 Å². The van der Waals surface area contributed by atoms with Crippen LogP contribution in [0, 0.1) is 0 Å². The number of para-hydroxylation sites is 1. The van der Waals surface area contributed by atoms with E-state index >= 15 is 0 Å². The molecule has 5 heteroatoms. The predicted molar refractivity (Wildman–Crippen MR) is 99.0 cm³/mol. The third-order valence-electron chi connectivity index (χ3n) is 5.36. The van der Waals surface area contributed by atoms with Gasteiger partial charge in [0.1, 0.15) is 5.82 Å². The summed E-state index contributed by atoms with van der Waals surface area (Å²) < 4.78 is 1.88. The fraction of sp³-hybridized carbons (Fsp3) is 0.500. The van der Waals surface area contributed by atoms with Gasteiger partial charge >= 0.3 is 0 Å². The van der Waals surface area contributed by atoms with Crippen LogP contribution in [0.1, 0.15) is 56.6 Å². The van der Waals surface area contributed by atoms with Gasteiger partial charge in [0.15, 0.2) is 0 Å². The van der Waals surface area contributed by atoms with Gasteiger partial charge in [0.25, 0.3) is 0 Å². The van der Waals surface area contributed by atoms with Gasteiger partial charge in [-0.1, -0.05) is 31.0 Å². The summed E-state index contributed by atoms with van der Waals surface area (Å²) >= 11 is 0. The van der Waals surface area contributed by atoms with E-state index in [1.54, 1.807) is 0 Å². The number of carbonyl (C=O) groups is 1. The van der Waals surface area contributed by atoms with Crippen LogP contribution in [0.25, 0.3) is 5.69 Å². The molecule has 132 valence electrons. The third kappa shape index (κ3) is 3.76. The Balaban J connectivity index is 1.56. The topological polar surface area (TPSA) is 59.0 Å². The van der Waals surface area contributed by atoms with E-state index in [0.717, 1.165) is 36.6 Å². The molecule has 1 saturated carbocycles. The molecule has 2 N–H and O–H groups in total. The van der Waals surface area contributed by atoms with Gasteiger partial charge < -0.3 is 10.6 Å². The second-order valence-electron chi connectivity index (χ2n) is 7.23. The highest BCUT2D eigenvalue weighted by molar-refractivity contribution is 5.90. The fourth-order valence-corrected chi connectivity index (χ4v) is 4.02. The molecule has 2 fully saturated rings. The average Bonchev–Trinajstić information content (AvgIpc) is 3.37. The molecule has 1 unspecified atom stereocenters. The molecular formula is C20H26N4O. The Morgan fingerprint density at radius 1 is 1.16 bits per heavy atom. The summed E-state index contributed by atoms with van der Waals surface area (Å²) in [6, 6.07) is 12.4. The maximum absolute atomic E-state index is 12.5. The number of hydrogen-bond acceptors (Lipinski definition) is 3. The maximum Gasteiger partial charge on any atom is 0.227 e. The molecule has 1 aromatic carbocycles. The molecule has 0 spiro atoms. The van der Waals surface area contributed by atoms with Crippen molar-refractivity contribution in [3.63, 3.8) is 0 Å². The van der Waals surface area contributed by atoms with Crippen LogP contribution in [0.15, 0.2) is 36.4 Å². The Morgan fingerprint density at radius 2 is 1.96 bits per heavy atom. The summed E-state index contributed by atoms with van der Waals surface area (Å²) in [5.74, 6) is 1.38. The molecule has 0 bridgehead atoms. The molecule has 1 atom stereocenters. The van der Waals surface area contributed by atoms with Crippen molar-refractivity contribution in [3.8, 4) is 5.69 Å². The van der Waals surface area contributed by atoms with Crippen molar-refractivity contribution in [2.45, 2.75) is 56.9 Å². The lowest BCUT2D eigenvalue weighted by Crippen LogP contribution is -2.28. The van der Waals surface area contributed by atoms with Crippen LogP contribution < -0.4 is 10.6 Å². The lowest BCUT2D eigenvalue weighted by atomic mass is 10.0. The molecular weight excluding hydrogens is 312 g/mol.